The van der Waals surface area contributed by atoms with E-state index < -0.39 is 11.9 Å². The number of halogens is 1. The molecular formula is C14H13BrN2O3. The molecule has 0 aliphatic carbocycles. The van der Waals surface area contributed by atoms with Crippen LogP contribution in [0.4, 0.5) is 0 Å². The number of nitrogens with zero attached hydrogens (tertiary/aromatic N) is 1. The number of pyridine rings is 1. The van der Waals surface area contributed by atoms with Crippen LogP contribution in [0.3, 0.4) is 0 Å². The summed E-state index contributed by atoms with van der Waals surface area (Å²) < 4.78 is 1.82. The Morgan fingerprint density at radius 2 is 1.75 bits per heavy atom. The van der Waals surface area contributed by atoms with Crippen molar-refractivity contribution in [2.45, 2.75) is 6.54 Å². The summed E-state index contributed by atoms with van der Waals surface area (Å²) in [5, 5.41) is 8.81. The van der Waals surface area contributed by atoms with Crippen molar-refractivity contribution in [2.75, 3.05) is 0 Å². The maximum atomic E-state index is 11.1. The Bertz CT molecular complexity index is 627. The number of carboxylic acid groups (broad SMARTS) is 1. The summed E-state index contributed by atoms with van der Waals surface area (Å²) >= 11 is 0. The number of nitrogens with two attached hydrogens (primary N) is 1. The molecule has 1 aromatic heterocycles. The van der Waals surface area contributed by atoms with Crippen LogP contribution in [0.15, 0.2) is 48.8 Å². The number of carbonyl (C=O) groups is 2. The molecule has 0 bridgehead atoms. The van der Waals surface area contributed by atoms with Gasteiger partial charge in [0.1, 0.15) is 5.56 Å². The number of carbonyl (C=O) groups excluding carboxylic acids is 1. The fourth-order valence-corrected chi connectivity index (χ4v) is 1.73. The summed E-state index contributed by atoms with van der Waals surface area (Å²) in [6.07, 6.45) is 3.48. The molecule has 20 heavy (non-hydrogen) atoms. The molecule has 0 unspecified atom stereocenters. The van der Waals surface area contributed by atoms with Gasteiger partial charge in [-0.2, -0.15) is 4.57 Å². The summed E-state index contributed by atoms with van der Waals surface area (Å²) in [6, 6.07) is 9.98. The van der Waals surface area contributed by atoms with Crippen LogP contribution in [-0.2, 0) is 6.54 Å². The first-order chi connectivity index (χ1) is 9.06. The molecule has 1 amide bonds. The third kappa shape index (κ3) is 3.89. The van der Waals surface area contributed by atoms with Crippen LogP contribution in [-0.4, -0.2) is 17.0 Å². The van der Waals surface area contributed by atoms with Gasteiger partial charge in [0.2, 0.25) is 0 Å². The molecule has 0 saturated carbocycles. The Morgan fingerprint density at radius 3 is 2.30 bits per heavy atom. The van der Waals surface area contributed by atoms with Crippen LogP contribution in [0.5, 0.6) is 0 Å². The molecule has 5 nitrogen and oxygen atoms in total. The lowest BCUT2D eigenvalue weighted by atomic mass is 10.1. The van der Waals surface area contributed by atoms with Gasteiger partial charge in [-0.3, -0.25) is 4.79 Å². The topological polar surface area (TPSA) is 84.3 Å². The number of hydrogen-bond donors (Lipinski definition) is 2. The first-order valence-electron chi connectivity index (χ1n) is 5.67. The number of primary amides is 1. The lowest BCUT2D eigenvalue weighted by molar-refractivity contribution is -0.688. The molecule has 2 rings (SSSR count). The van der Waals surface area contributed by atoms with Crippen molar-refractivity contribution in [1.82, 2.24) is 0 Å². The quantitative estimate of drug-likeness (QED) is 0.623. The summed E-state index contributed by atoms with van der Waals surface area (Å²) in [6.45, 7) is 0.543. The first kappa shape index (κ1) is 15.8. The van der Waals surface area contributed by atoms with E-state index in [1.54, 1.807) is 42.6 Å². The van der Waals surface area contributed by atoms with Crippen molar-refractivity contribution in [1.29, 1.82) is 0 Å². The number of amides is 1. The molecule has 0 fully saturated rings. The predicted octanol–water partition coefficient (Wildman–Crippen LogP) is -2.18. The Kier molecular flexibility index (Phi) is 5.40. The maximum absolute atomic E-state index is 11.1. The van der Waals surface area contributed by atoms with Gasteiger partial charge in [-0.25, -0.2) is 4.79 Å². The van der Waals surface area contributed by atoms with Gasteiger partial charge in [-0.05, 0) is 18.2 Å². The Balaban J connectivity index is 0.00000200. The summed E-state index contributed by atoms with van der Waals surface area (Å²) in [7, 11) is 0. The minimum Gasteiger partial charge on any atom is -1.00 e. The monoisotopic (exact) mass is 336 g/mol. The highest BCUT2D eigenvalue weighted by molar-refractivity contribution is 5.92. The molecule has 2 aromatic rings. The maximum Gasteiger partial charge on any atom is 0.335 e. The van der Waals surface area contributed by atoms with Crippen LogP contribution in [0.1, 0.15) is 26.3 Å². The zero-order chi connectivity index (χ0) is 13.8. The lowest BCUT2D eigenvalue weighted by Gasteiger charge is -2.00. The Labute approximate surface area is 126 Å². The zero-order valence-corrected chi connectivity index (χ0v) is 12.1. The lowest BCUT2D eigenvalue weighted by Crippen LogP contribution is -3.00. The third-order valence-corrected chi connectivity index (χ3v) is 2.71. The zero-order valence-electron chi connectivity index (χ0n) is 10.5. The van der Waals surface area contributed by atoms with Crippen molar-refractivity contribution < 1.29 is 36.2 Å². The molecule has 6 heteroatoms. The predicted molar refractivity (Wildman–Crippen MR) is 67.7 cm³/mol. The minimum absolute atomic E-state index is 0. The van der Waals surface area contributed by atoms with Gasteiger partial charge >= 0.3 is 5.97 Å². The first-order valence-corrected chi connectivity index (χ1v) is 5.67. The van der Waals surface area contributed by atoms with Crippen molar-refractivity contribution in [3.63, 3.8) is 0 Å². The van der Waals surface area contributed by atoms with E-state index in [1.165, 1.54) is 0 Å². The molecule has 0 atom stereocenters. The minimum atomic E-state index is -0.949. The second-order valence-electron chi connectivity index (χ2n) is 4.13. The molecule has 3 N–H and O–H groups in total. The summed E-state index contributed by atoms with van der Waals surface area (Å²) in [5.74, 6) is -1.43. The number of aromatic carboxylic acids is 1. The van der Waals surface area contributed by atoms with Crippen LogP contribution in [0, 0.1) is 0 Å². The number of hydrogen-bond acceptors (Lipinski definition) is 2. The van der Waals surface area contributed by atoms with Crippen molar-refractivity contribution in [3.8, 4) is 0 Å². The Hall–Kier alpha value is -2.21. The van der Waals surface area contributed by atoms with Crippen LogP contribution < -0.4 is 27.3 Å². The van der Waals surface area contributed by atoms with Crippen molar-refractivity contribution in [3.05, 3.63) is 65.5 Å². The molecule has 1 heterocycles. The van der Waals surface area contributed by atoms with E-state index in [-0.39, 0.29) is 22.5 Å². The van der Waals surface area contributed by atoms with Gasteiger partial charge in [0.15, 0.2) is 18.9 Å². The second-order valence-corrected chi connectivity index (χ2v) is 4.13. The molecule has 0 spiro atoms. The SMILES string of the molecule is NC(=O)c1ccc[n+](Cc2ccc(C(=O)O)cc2)c1.[Br-]. The van der Waals surface area contributed by atoms with Gasteiger partial charge in [0.05, 0.1) is 5.56 Å². The highest BCUT2D eigenvalue weighted by Gasteiger charge is 2.08. The second kappa shape index (κ2) is 6.81. The smallest absolute Gasteiger partial charge is 0.335 e. The number of aromatic nitrogens is 1. The molecule has 0 radical (unpaired) electrons. The number of rotatable bonds is 4. The van der Waals surface area contributed by atoms with Gasteiger partial charge in [-0.1, -0.05) is 12.1 Å². The van der Waals surface area contributed by atoms with E-state index in [9.17, 15) is 9.59 Å². The fourth-order valence-electron chi connectivity index (χ4n) is 1.73. The van der Waals surface area contributed by atoms with Crippen molar-refractivity contribution >= 4 is 11.9 Å². The van der Waals surface area contributed by atoms with Gasteiger partial charge in [0.25, 0.3) is 5.91 Å². The summed E-state index contributed by atoms with van der Waals surface area (Å²) in [5.41, 5.74) is 6.84. The van der Waals surface area contributed by atoms with E-state index in [2.05, 4.69) is 0 Å². The highest BCUT2D eigenvalue weighted by Crippen LogP contribution is 2.04. The molecule has 104 valence electrons. The van der Waals surface area contributed by atoms with E-state index >= 15 is 0 Å². The normalized spacial score (nSPS) is 9.60. The molecular weight excluding hydrogens is 324 g/mol. The fraction of sp³-hybridized carbons (Fsp3) is 0.0714. The highest BCUT2D eigenvalue weighted by atomic mass is 79.9. The average Bonchev–Trinajstić information content (AvgIpc) is 2.39. The van der Waals surface area contributed by atoms with Gasteiger partial charge < -0.3 is 27.8 Å². The Morgan fingerprint density at radius 1 is 1.10 bits per heavy atom. The van der Waals surface area contributed by atoms with E-state index in [1.807, 2.05) is 10.8 Å². The van der Waals surface area contributed by atoms with Crippen molar-refractivity contribution in [2.24, 2.45) is 5.73 Å². The number of carboxylic acids is 1. The van der Waals surface area contributed by atoms with Crippen LogP contribution >= 0.6 is 0 Å². The van der Waals surface area contributed by atoms with Crippen LogP contribution in [0.2, 0.25) is 0 Å². The molecule has 0 saturated heterocycles. The van der Waals surface area contributed by atoms with E-state index in [4.69, 9.17) is 10.8 Å². The molecule has 0 aliphatic rings. The van der Waals surface area contributed by atoms with E-state index in [0.29, 0.717) is 12.1 Å². The van der Waals surface area contributed by atoms with Crippen LogP contribution in [0.25, 0.3) is 0 Å². The average molecular weight is 337 g/mol. The standard InChI is InChI=1S/C14H12N2O3.BrH/c15-13(17)12-2-1-7-16(9-12)8-10-3-5-11(6-4-10)14(18)19;/h1-7,9H,8H2,(H2-,15,17,18,19);1H. The summed E-state index contributed by atoms with van der Waals surface area (Å²) in [4.78, 5) is 21.8. The van der Waals surface area contributed by atoms with Gasteiger partial charge in [-0.15, -0.1) is 0 Å². The molecule has 1 aromatic carbocycles. The van der Waals surface area contributed by atoms with Gasteiger partial charge in [0, 0.05) is 11.6 Å². The molecule has 0 aliphatic heterocycles. The largest absolute Gasteiger partial charge is 1.00 e. The number of benzene rings is 1. The van der Waals surface area contributed by atoms with E-state index in [0.717, 1.165) is 5.56 Å². The third-order valence-electron chi connectivity index (χ3n) is 2.71.